The molecular formula is C11H11Cl3N2O. The van der Waals surface area contributed by atoms with E-state index in [-0.39, 0.29) is 11.0 Å². The van der Waals surface area contributed by atoms with Crippen LogP contribution in [0, 0.1) is 6.92 Å². The summed E-state index contributed by atoms with van der Waals surface area (Å²) in [6.07, 6.45) is 0.305. The van der Waals surface area contributed by atoms with Crippen molar-refractivity contribution < 1.29 is 4.79 Å². The predicted molar refractivity (Wildman–Crippen MR) is 73.4 cm³/mol. The maximum atomic E-state index is 11.2. The molecule has 0 radical (unpaired) electrons. The highest BCUT2D eigenvalue weighted by molar-refractivity contribution is 6.83. The zero-order chi connectivity index (χ0) is 13.0. The Kier molecular flexibility index (Phi) is 5.25. The van der Waals surface area contributed by atoms with Gasteiger partial charge in [-0.15, -0.1) is 0 Å². The highest BCUT2D eigenvalue weighted by atomic mass is 35.5. The molecule has 0 aliphatic rings. The van der Waals surface area contributed by atoms with Gasteiger partial charge in [-0.25, -0.2) is 0 Å². The number of nitrogens with one attached hydrogen (secondary N) is 1. The molecular weight excluding hydrogens is 282 g/mol. The summed E-state index contributed by atoms with van der Waals surface area (Å²) in [5, 5.41) is 4.68. The van der Waals surface area contributed by atoms with E-state index >= 15 is 0 Å². The minimum atomic E-state index is -0.232. The summed E-state index contributed by atoms with van der Waals surface area (Å²) < 4.78 is 0. The first-order chi connectivity index (χ1) is 7.95. The van der Waals surface area contributed by atoms with E-state index in [2.05, 4.69) is 10.5 Å². The number of hydrogen-bond acceptors (Lipinski definition) is 3. The number of carbonyl (C=O) groups excluding carboxylic acids is 1. The van der Waals surface area contributed by atoms with Crippen LogP contribution in [-0.4, -0.2) is 11.0 Å². The molecule has 0 aromatic heterocycles. The second kappa shape index (κ2) is 6.24. The summed E-state index contributed by atoms with van der Waals surface area (Å²) in [7, 11) is 0. The van der Waals surface area contributed by atoms with Gasteiger partial charge < -0.3 is 0 Å². The fraction of sp³-hybridized carbons (Fsp3) is 0.273. The third-order valence-electron chi connectivity index (χ3n) is 2.13. The van der Waals surface area contributed by atoms with Crippen LogP contribution < -0.4 is 5.43 Å². The van der Waals surface area contributed by atoms with E-state index in [1.165, 1.54) is 0 Å². The third kappa shape index (κ3) is 3.87. The molecule has 0 bridgehead atoms. The fourth-order valence-corrected chi connectivity index (χ4v) is 1.75. The van der Waals surface area contributed by atoms with Gasteiger partial charge in [0.15, 0.2) is 11.0 Å². The second-order valence-electron chi connectivity index (χ2n) is 3.35. The minimum Gasteiger partial charge on any atom is -0.291 e. The third-order valence-corrected chi connectivity index (χ3v) is 3.04. The van der Waals surface area contributed by atoms with Gasteiger partial charge in [-0.2, -0.15) is 5.10 Å². The smallest absolute Gasteiger partial charge is 0.194 e. The molecule has 17 heavy (non-hydrogen) atoms. The summed E-state index contributed by atoms with van der Waals surface area (Å²) in [5.74, 6) is -0.232. The summed E-state index contributed by atoms with van der Waals surface area (Å²) >= 11 is 17.5. The van der Waals surface area contributed by atoms with E-state index < -0.39 is 0 Å². The van der Waals surface area contributed by atoms with E-state index in [4.69, 9.17) is 34.8 Å². The first-order valence-corrected chi connectivity index (χ1v) is 6.07. The van der Waals surface area contributed by atoms with Gasteiger partial charge in [-0.1, -0.05) is 41.7 Å². The van der Waals surface area contributed by atoms with Crippen molar-refractivity contribution in [3.63, 3.8) is 0 Å². The molecule has 1 rings (SSSR count). The fourth-order valence-electron chi connectivity index (χ4n) is 1.08. The molecule has 3 nitrogen and oxygen atoms in total. The molecule has 0 fully saturated rings. The Morgan fingerprint density at radius 2 is 2.06 bits per heavy atom. The molecule has 0 saturated carbocycles. The topological polar surface area (TPSA) is 41.5 Å². The van der Waals surface area contributed by atoms with Crippen molar-refractivity contribution >= 4 is 51.4 Å². The minimum absolute atomic E-state index is 0.0944. The van der Waals surface area contributed by atoms with Crippen LogP contribution >= 0.6 is 34.8 Å². The number of carbonyl (C=O) groups is 1. The molecule has 0 atom stereocenters. The van der Waals surface area contributed by atoms with E-state index in [1.807, 2.05) is 6.92 Å². The first kappa shape index (κ1) is 14.3. The van der Waals surface area contributed by atoms with Crippen LogP contribution in [0.3, 0.4) is 0 Å². The highest BCUT2D eigenvalue weighted by Gasteiger charge is 2.07. The van der Waals surface area contributed by atoms with E-state index in [0.29, 0.717) is 22.2 Å². The first-order valence-electron chi connectivity index (χ1n) is 4.93. The lowest BCUT2D eigenvalue weighted by Crippen LogP contribution is -2.08. The monoisotopic (exact) mass is 292 g/mol. The molecule has 92 valence electrons. The number of rotatable bonds is 4. The van der Waals surface area contributed by atoms with Gasteiger partial charge in [0.1, 0.15) is 0 Å². The Morgan fingerprint density at radius 3 is 2.65 bits per heavy atom. The van der Waals surface area contributed by atoms with Gasteiger partial charge in [0.05, 0.1) is 5.69 Å². The molecule has 0 aliphatic heterocycles. The molecule has 0 amide bonds. The maximum Gasteiger partial charge on any atom is 0.194 e. The lowest BCUT2D eigenvalue weighted by atomic mass is 10.2. The number of benzene rings is 1. The number of ketones is 1. The molecule has 1 N–H and O–H groups in total. The molecule has 0 saturated heterocycles. The van der Waals surface area contributed by atoms with Crippen LogP contribution in [0.4, 0.5) is 5.69 Å². The molecule has 0 aliphatic carbocycles. The second-order valence-corrected chi connectivity index (χ2v) is 4.55. The van der Waals surface area contributed by atoms with Crippen LogP contribution in [-0.2, 0) is 4.79 Å². The summed E-state index contributed by atoms with van der Waals surface area (Å²) in [5.41, 5.74) is 4.08. The number of halogens is 3. The number of Topliss-reactive ketones (excluding diaryl/α,β-unsaturated/α-hetero) is 1. The van der Waals surface area contributed by atoms with Gasteiger partial charge in [-0.05, 0) is 24.6 Å². The summed E-state index contributed by atoms with van der Waals surface area (Å²) in [4.78, 5) is 11.2. The van der Waals surface area contributed by atoms with Gasteiger partial charge in [-0.3, -0.25) is 10.2 Å². The average Bonchev–Trinajstić information content (AvgIpc) is 2.30. The van der Waals surface area contributed by atoms with E-state index in [0.717, 1.165) is 5.56 Å². The molecule has 0 unspecified atom stereocenters. The van der Waals surface area contributed by atoms with Crippen molar-refractivity contribution in [1.82, 2.24) is 0 Å². The lowest BCUT2D eigenvalue weighted by molar-refractivity contribution is -0.112. The Morgan fingerprint density at radius 1 is 1.41 bits per heavy atom. The Bertz CT molecular complexity index is 472. The lowest BCUT2D eigenvalue weighted by Gasteiger charge is -2.07. The van der Waals surface area contributed by atoms with E-state index in [1.54, 1.807) is 19.1 Å². The van der Waals surface area contributed by atoms with E-state index in [9.17, 15) is 4.79 Å². The van der Waals surface area contributed by atoms with Crippen LogP contribution in [0.2, 0.25) is 10.0 Å². The number of anilines is 1. The molecule has 1 aromatic rings. The van der Waals surface area contributed by atoms with Crippen LogP contribution in [0.25, 0.3) is 0 Å². The molecule has 0 heterocycles. The SMILES string of the molecule is CCC(=O)C(Cl)=NNc1cc(Cl)cc(Cl)c1C. The van der Waals surface area contributed by atoms with Crippen LogP contribution in [0.5, 0.6) is 0 Å². The zero-order valence-electron chi connectivity index (χ0n) is 9.35. The molecule has 6 heteroatoms. The Balaban J connectivity index is 2.93. The number of hydrazone groups is 1. The Hall–Kier alpha value is -0.770. The van der Waals surface area contributed by atoms with Crippen molar-refractivity contribution in [2.45, 2.75) is 20.3 Å². The largest absolute Gasteiger partial charge is 0.291 e. The van der Waals surface area contributed by atoms with Crippen LogP contribution in [0.15, 0.2) is 17.2 Å². The Labute approximate surface area is 115 Å². The van der Waals surface area contributed by atoms with Gasteiger partial charge >= 0.3 is 0 Å². The highest BCUT2D eigenvalue weighted by Crippen LogP contribution is 2.28. The predicted octanol–water partition coefficient (Wildman–Crippen LogP) is 4.25. The van der Waals surface area contributed by atoms with Crippen molar-refractivity contribution in [3.05, 3.63) is 27.7 Å². The van der Waals surface area contributed by atoms with Gasteiger partial charge in [0.2, 0.25) is 0 Å². The van der Waals surface area contributed by atoms with Crippen LogP contribution in [0.1, 0.15) is 18.9 Å². The molecule has 0 spiro atoms. The van der Waals surface area contributed by atoms with Crippen molar-refractivity contribution in [2.75, 3.05) is 5.43 Å². The number of hydrogen-bond donors (Lipinski definition) is 1. The quantitative estimate of drug-likeness (QED) is 0.666. The molecule has 1 aromatic carbocycles. The number of nitrogens with zero attached hydrogens (tertiary/aromatic N) is 1. The zero-order valence-corrected chi connectivity index (χ0v) is 11.6. The van der Waals surface area contributed by atoms with Crippen molar-refractivity contribution in [1.29, 1.82) is 0 Å². The standard InChI is InChI=1S/C11H11Cl3N2O/c1-3-10(17)11(14)16-15-9-5-7(12)4-8(13)6(9)2/h4-5,15H,3H2,1-2H3. The van der Waals surface area contributed by atoms with Gasteiger partial charge in [0.25, 0.3) is 0 Å². The normalized spacial score (nSPS) is 11.5. The van der Waals surface area contributed by atoms with Crippen molar-refractivity contribution in [3.8, 4) is 0 Å². The summed E-state index contributed by atoms with van der Waals surface area (Å²) in [6, 6.07) is 3.29. The van der Waals surface area contributed by atoms with Gasteiger partial charge in [0, 0.05) is 16.5 Å². The average molecular weight is 294 g/mol. The van der Waals surface area contributed by atoms with Crippen molar-refractivity contribution in [2.24, 2.45) is 5.10 Å². The maximum absolute atomic E-state index is 11.2. The summed E-state index contributed by atoms with van der Waals surface area (Å²) in [6.45, 7) is 3.52.